The zero-order chi connectivity index (χ0) is 12.1. The Morgan fingerprint density at radius 3 is 2.59 bits per heavy atom. The Morgan fingerprint density at radius 1 is 1.18 bits per heavy atom. The lowest BCUT2D eigenvalue weighted by Gasteiger charge is -2.09. The number of hydrogen-bond donors (Lipinski definition) is 2. The third-order valence-corrected chi connectivity index (χ3v) is 2.33. The molecule has 0 saturated heterocycles. The van der Waals surface area contributed by atoms with Crippen molar-refractivity contribution in [1.29, 1.82) is 0 Å². The van der Waals surface area contributed by atoms with Gasteiger partial charge in [0.05, 0.1) is 6.61 Å². The molecule has 17 heavy (non-hydrogen) atoms. The van der Waals surface area contributed by atoms with Gasteiger partial charge in [0, 0.05) is 12.6 Å². The molecule has 1 heterocycles. The van der Waals surface area contributed by atoms with Crippen molar-refractivity contribution < 1.29 is 4.74 Å². The first-order valence-corrected chi connectivity index (χ1v) is 6.21. The van der Waals surface area contributed by atoms with E-state index < -0.39 is 0 Å². The van der Waals surface area contributed by atoms with Crippen LogP contribution in [-0.2, 0) is 0 Å². The van der Waals surface area contributed by atoms with Gasteiger partial charge >= 0.3 is 6.01 Å². The molecule has 0 bridgehead atoms. The van der Waals surface area contributed by atoms with Crippen LogP contribution in [0, 0.1) is 0 Å². The molecule has 6 nitrogen and oxygen atoms in total. The van der Waals surface area contributed by atoms with Gasteiger partial charge in [-0.15, -0.1) is 0 Å². The van der Waals surface area contributed by atoms with E-state index in [1.807, 2.05) is 6.92 Å². The second-order valence-corrected chi connectivity index (χ2v) is 4.04. The van der Waals surface area contributed by atoms with Crippen molar-refractivity contribution in [3.8, 4) is 6.01 Å². The van der Waals surface area contributed by atoms with E-state index in [1.165, 1.54) is 12.8 Å². The first-order valence-electron chi connectivity index (χ1n) is 6.21. The molecular weight excluding hydrogens is 218 g/mol. The molecule has 0 amide bonds. The Morgan fingerprint density at radius 2 is 1.94 bits per heavy atom. The zero-order valence-corrected chi connectivity index (χ0v) is 10.4. The molecule has 0 aromatic carbocycles. The summed E-state index contributed by atoms with van der Waals surface area (Å²) in [6, 6.07) is 0.898. The Kier molecular flexibility index (Phi) is 3.95. The quantitative estimate of drug-likeness (QED) is 0.751. The van der Waals surface area contributed by atoms with E-state index in [1.54, 1.807) is 0 Å². The van der Waals surface area contributed by atoms with Crippen molar-refractivity contribution in [2.24, 2.45) is 0 Å². The fourth-order valence-corrected chi connectivity index (χ4v) is 1.34. The zero-order valence-electron chi connectivity index (χ0n) is 10.4. The minimum atomic E-state index is 0.379. The van der Waals surface area contributed by atoms with Crippen LogP contribution in [0.4, 0.5) is 11.9 Å². The molecule has 1 fully saturated rings. The highest BCUT2D eigenvalue weighted by molar-refractivity contribution is 5.37. The predicted molar refractivity (Wildman–Crippen MR) is 66.4 cm³/mol. The Bertz CT molecular complexity index is 367. The fraction of sp³-hybridized carbons (Fsp3) is 0.727. The molecular formula is C11H19N5O. The molecule has 1 aromatic rings. The summed E-state index contributed by atoms with van der Waals surface area (Å²) < 4.78 is 5.33. The van der Waals surface area contributed by atoms with Crippen LogP contribution in [0.3, 0.4) is 0 Å². The van der Waals surface area contributed by atoms with Crippen molar-refractivity contribution in [1.82, 2.24) is 15.0 Å². The molecule has 1 saturated carbocycles. The van der Waals surface area contributed by atoms with Crippen molar-refractivity contribution >= 4 is 11.9 Å². The minimum absolute atomic E-state index is 0.379. The van der Waals surface area contributed by atoms with Crippen LogP contribution in [0.15, 0.2) is 0 Å². The maximum absolute atomic E-state index is 5.33. The third-order valence-electron chi connectivity index (χ3n) is 2.33. The molecule has 2 N–H and O–H groups in total. The van der Waals surface area contributed by atoms with Crippen LogP contribution < -0.4 is 15.4 Å². The normalized spacial score (nSPS) is 14.5. The summed E-state index contributed by atoms with van der Waals surface area (Å²) in [5.74, 6) is 1.18. The number of nitrogens with one attached hydrogen (secondary N) is 2. The first kappa shape index (κ1) is 11.9. The highest BCUT2D eigenvalue weighted by Gasteiger charge is 2.22. The third kappa shape index (κ3) is 3.72. The van der Waals surface area contributed by atoms with Gasteiger partial charge < -0.3 is 15.4 Å². The maximum atomic E-state index is 5.33. The summed E-state index contributed by atoms with van der Waals surface area (Å²) in [5.41, 5.74) is 0. The summed E-state index contributed by atoms with van der Waals surface area (Å²) in [5, 5.41) is 6.39. The maximum Gasteiger partial charge on any atom is 0.323 e. The van der Waals surface area contributed by atoms with E-state index in [-0.39, 0.29) is 0 Å². The highest BCUT2D eigenvalue weighted by atomic mass is 16.5. The van der Waals surface area contributed by atoms with Gasteiger partial charge in [-0.2, -0.15) is 15.0 Å². The summed E-state index contributed by atoms with van der Waals surface area (Å²) in [7, 11) is 0. The standard InChI is InChI=1S/C11H19N5O/c1-3-7-12-9-14-10(13-8-5-6-8)16-11(15-9)17-4-2/h8H,3-7H2,1-2H3,(H2,12,13,14,15,16). The largest absolute Gasteiger partial charge is 0.464 e. The van der Waals surface area contributed by atoms with Gasteiger partial charge in [0.2, 0.25) is 11.9 Å². The van der Waals surface area contributed by atoms with Crippen LogP contribution in [0.2, 0.25) is 0 Å². The van der Waals surface area contributed by atoms with Crippen molar-refractivity contribution in [3.05, 3.63) is 0 Å². The van der Waals surface area contributed by atoms with Gasteiger partial charge in [-0.25, -0.2) is 0 Å². The van der Waals surface area contributed by atoms with E-state index in [0.29, 0.717) is 30.6 Å². The predicted octanol–water partition coefficient (Wildman–Crippen LogP) is 1.67. The van der Waals surface area contributed by atoms with Gasteiger partial charge in [-0.3, -0.25) is 0 Å². The van der Waals surface area contributed by atoms with E-state index in [4.69, 9.17) is 4.74 Å². The molecule has 0 spiro atoms. The number of ether oxygens (including phenoxy) is 1. The second-order valence-electron chi connectivity index (χ2n) is 4.04. The van der Waals surface area contributed by atoms with E-state index in [2.05, 4.69) is 32.5 Å². The molecule has 0 unspecified atom stereocenters. The molecule has 6 heteroatoms. The lowest BCUT2D eigenvalue weighted by molar-refractivity contribution is 0.312. The lowest BCUT2D eigenvalue weighted by Crippen LogP contribution is -2.12. The Labute approximate surface area is 101 Å². The summed E-state index contributed by atoms with van der Waals surface area (Å²) >= 11 is 0. The van der Waals surface area contributed by atoms with Gasteiger partial charge in [0.25, 0.3) is 0 Å². The number of rotatable bonds is 7. The first-order chi connectivity index (χ1) is 8.31. The van der Waals surface area contributed by atoms with Crippen LogP contribution in [0.5, 0.6) is 6.01 Å². The Balaban J connectivity index is 2.08. The summed E-state index contributed by atoms with van der Waals surface area (Å²) in [4.78, 5) is 12.7. The monoisotopic (exact) mass is 237 g/mol. The molecule has 94 valence electrons. The van der Waals surface area contributed by atoms with Crippen LogP contribution in [-0.4, -0.2) is 34.1 Å². The van der Waals surface area contributed by atoms with E-state index in [9.17, 15) is 0 Å². The van der Waals surface area contributed by atoms with E-state index >= 15 is 0 Å². The molecule has 0 atom stereocenters. The average Bonchev–Trinajstić information content (AvgIpc) is 3.10. The molecule has 1 aromatic heterocycles. The van der Waals surface area contributed by atoms with Gasteiger partial charge in [0.1, 0.15) is 0 Å². The van der Waals surface area contributed by atoms with Gasteiger partial charge in [-0.1, -0.05) is 6.92 Å². The smallest absolute Gasteiger partial charge is 0.323 e. The number of nitrogens with zero attached hydrogens (tertiary/aromatic N) is 3. The van der Waals surface area contributed by atoms with Gasteiger partial charge in [0.15, 0.2) is 0 Å². The molecule has 1 aliphatic carbocycles. The van der Waals surface area contributed by atoms with Gasteiger partial charge in [-0.05, 0) is 26.2 Å². The molecule has 1 aliphatic rings. The molecule has 0 aliphatic heterocycles. The average molecular weight is 237 g/mol. The highest BCUT2D eigenvalue weighted by Crippen LogP contribution is 2.23. The second kappa shape index (κ2) is 5.65. The Hall–Kier alpha value is -1.59. The topological polar surface area (TPSA) is 72.0 Å². The molecule has 0 radical (unpaired) electrons. The van der Waals surface area contributed by atoms with E-state index in [0.717, 1.165) is 13.0 Å². The van der Waals surface area contributed by atoms with Crippen LogP contribution in [0.25, 0.3) is 0 Å². The minimum Gasteiger partial charge on any atom is -0.464 e. The fourth-order valence-electron chi connectivity index (χ4n) is 1.34. The van der Waals surface area contributed by atoms with Crippen molar-refractivity contribution in [2.75, 3.05) is 23.8 Å². The van der Waals surface area contributed by atoms with Crippen LogP contribution >= 0.6 is 0 Å². The summed E-state index contributed by atoms with van der Waals surface area (Å²) in [6.45, 7) is 5.41. The number of aromatic nitrogens is 3. The lowest BCUT2D eigenvalue weighted by atomic mass is 10.5. The SMILES string of the molecule is CCCNc1nc(NC2CC2)nc(OCC)n1. The number of hydrogen-bond acceptors (Lipinski definition) is 6. The molecule has 2 rings (SSSR count). The van der Waals surface area contributed by atoms with Crippen molar-refractivity contribution in [2.45, 2.75) is 39.2 Å². The van der Waals surface area contributed by atoms with Crippen LogP contribution in [0.1, 0.15) is 33.1 Å². The summed E-state index contributed by atoms with van der Waals surface area (Å²) in [6.07, 6.45) is 3.40. The number of anilines is 2. The van der Waals surface area contributed by atoms with Crippen molar-refractivity contribution in [3.63, 3.8) is 0 Å².